The van der Waals surface area contributed by atoms with E-state index in [1.165, 1.54) is 24.2 Å². The molecule has 2 rings (SSSR count). The summed E-state index contributed by atoms with van der Waals surface area (Å²) in [6, 6.07) is 0. The standard InChI is InChI=1S/C15H27NO3/c1-12-3-4-14(13(2)9-12)11-19-15(17)10-16-5-7-18-8-6-16/h12-14H,3-11H2,1-2H3/p+1/t12-,13+,14-/m0/s1. The number of carbonyl (C=O) groups excluding carboxylic acids is 1. The second-order valence-electron chi connectivity index (χ2n) is 6.38. The minimum absolute atomic E-state index is 0.0391. The van der Waals surface area contributed by atoms with Crippen LogP contribution in [0.3, 0.4) is 0 Å². The molecule has 1 saturated carbocycles. The van der Waals surface area contributed by atoms with Gasteiger partial charge in [0.05, 0.1) is 19.8 Å². The van der Waals surface area contributed by atoms with E-state index in [1.807, 2.05) is 0 Å². The minimum atomic E-state index is -0.0391. The molecule has 1 heterocycles. The number of morpholine rings is 1. The van der Waals surface area contributed by atoms with Crippen molar-refractivity contribution in [2.24, 2.45) is 17.8 Å². The Morgan fingerprint density at radius 1 is 1.26 bits per heavy atom. The lowest BCUT2D eigenvalue weighted by molar-refractivity contribution is -0.900. The maximum absolute atomic E-state index is 11.8. The van der Waals surface area contributed by atoms with Gasteiger partial charge in [0, 0.05) is 0 Å². The van der Waals surface area contributed by atoms with Gasteiger partial charge in [-0.25, -0.2) is 4.79 Å². The number of carbonyl (C=O) groups is 1. The van der Waals surface area contributed by atoms with Crippen molar-refractivity contribution in [3.8, 4) is 0 Å². The third-order valence-corrected chi connectivity index (χ3v) is 4.66. The Hall–Kier alpha value is -0.610. The molecule has 0 aromatic carbocycles. The molecule has 1 aliphatic heterocycles. The zero-order valence-corrected chi connectivity index (χ0v) is 12.3. The summed E-state index contributed by atoms with van der Waals surface area (Å²) >= 11 is 0. The van der Waals surface area contributed by atoms with E-state index in [1.54, 1.807) is 0 Å². The van der Waals surface area contributed by atoms with E-state index in [0.29, 0.717) is 25.0 Å². The van der Waals surface area contributed by atoms with Crippen LogP contribution in [0.1, 0.15) is 33.1 Å². The zero-order valence-electron chi connectivity index (χ0n) is 12.3. The van der Waals surface area contributed by atoms with Crippen molar-refractivity contribution in [2.45, 2.75) is 33.1 Å². The minimum Gasteiger partial charge on any atom is -0.461 e. The number of hydrogen-bond donors (Lipinski definition) is 1. The predicted molar refractivity (Wildman–Crippen MR) is 73.0 cm³/mol. The van der Waals surface area contributed by atoms with E-state index < -0.39 is 0 Å². The van der Waals surface area contributed by atoms with Crippen molar-refractivity contribution in [1.29, 1.82) is 0 Å². The molecule has 0 aromatic heterocycles. The summed E-state index contributed by atoms with van der Waals surface area (Å²) in [5, 5.41) is 0. The largest absolute Gasteiger partial charge is 0.461 e. The Labute approximate surface area is 116 Å². The van der Waals surface area contributed by atoms with Crippen molar-refractivity contribution >= 4 is 5.97 Å². The van der Waals surface area contributed by atoms with Crippen LogP contribution in [0.15, 0.2) is 0 Å². The highest BCUT2D eigenvalue weighted by Gasteiger charge is 2.27. The normalized spacial score (nSPS) is 33.1. The molecule has 0 bridgehead atoms. The smallest absolute Gasteiger partial charge is 0.361 e. The van der Waals surface area contributed by atoms with E-state index in [2.05, 4.69) is 13.8 Å². The SMILES string of the molecule is C[C@H]1CC[C@@H](COC(=O)C[NH+]2CCOCC2)[C@H](C)C1. The first-order valence-electron chi connectivity index (χ1n) is 7.72. The van der Waals surface area contributed by atoms with Gasteiger partial charge < -0.3 is 14.4 Å². The molecule has 1 saturated heterocycles. The van der Waals surface area contributed by atoms with Crippen LogP contribution >= 0.6 is 0 Å². The molecule has 0 unspecified atom stereocenters. The van der Waals surface area contributed by atoms with Crippen LogP contribution in [-0.2, 0) is 14.3 Å². The molecule has 4 nitrogen and oxygen atoms in total. The Bertz CT molecular complexity index is 289. The van der Waals surface area contributed by atoms with Crippen molar-refractivity contribution in [2.75, 3.05) is 39.5 Å². The molecule has 4 heteroatoms. The molecule has 1 aliphatic carbocycles. The van der Waals surface area contributed by atoms with Gasteiger partial charge in [-0.2, -0.15) is 0 Å². The Balaban J connectivity index is 1.65. The highest BCUT2D eigenvalue weighted by atomic mass is 16.5. The van der Waals surface area contributed by atoms with Gasteiger partial charge in [0.25, 0.3) is 0 Å². The maximum atomic E-state index is 11.8. The van der Waals surface area contributed by atoms with Crippen LogP contribution in [0.4, 0.5) is 0 Å². The second-order valence-corrected chi connectivity index (χ2v) is 6.38. The lowest BCUT2D eigenvalue weighted by Crippen LogP contribution is -3.15. The average Bonchev–Trinajstić information content (AvgIpc) is 2.39. The second kappa shape index (κ2) is 7.25. The molecule has 0 radical (unpaired) electrons. The van der Waals surface area contributed by atoms with Crippen LogP contribution in [0, 0.1) is 17.8 Å². The van der Waals surface area contributed by atoms with Gasteiger partial charge in [0.2, 0.25) is 0 Å². The monoisotopic (exact) mass is 270 g/mol. The van der Waals surface area contributed by atoms with Gasteiger partial charge in [-0.05, 0) is 30.6 Å². The number of rotatable bonds is 4. The first-order valence-corrected chi connectivity index (χ1v) is 7.72. The van der Waals surface area contributed by atoms with Crippen molar-refractivity contribution in [3.63, 3.8) is 0 Å². The summed E-state index contributed by atoms with van der Waals surface area (Å²) in [5.74, 6) is 2.05. The van der Waals surface area contributed by atoms with Crippen LogP contribution in [0.25, 0.3) is 0 Å². The number of hydrogen-bond acceptors (Lipinski definition) is 3. The number of quaternary nitrogens is 1. The molecular formula is C15H28NO3+. The highest BCUT2D eigenvalue weighted by Crippen LogP contribution is 2.33. The van der Waals surface area contributed by atoms with E-state index in [-0.39, 0.29) is 5.97 Å². The van der Waals surface area contributed by atoms with Crippen LogP contribution < -0.4 is 4.90 Å². The van der Waals surface area contributed by atoms with Crippen molar-refractivity contribution in [1.82, 2.24) is 0 Å². The fourth-order valence-corrected chi connectivity index (χ4v) is 3.27. The molecular weight excluding hydrogens is 242 g/mol. The topological polar surface area (TPSA) is 40.0 Å². The third-order valence-electron chi connectivity index (χ3n) is 4.66. The van der Waals surface area contributed by atoms with Gasteiger partial charge >= 0.3 is 5.97 Å². The zero-order chi connectivity index (χ0) is 13.7. The summed E-state index contributed by atoms with van der Waals surface area (Å²) in [5.41, 5.74) is 0. The lowest BCUT2D eigenvalue weighted by Gasteiger charge is -2.32. The van der Waals surface area contributed by atoms with Gasteiger partial charge in [-0.15, -0.1) is 0 Å². The first kappa shape index (κ1) is 14.8. The molecule has 0 aromatic rings. The Morgan fingerprint density at radius 3 is 2.68 bits per heavy atom. The van der Waals surface area contributed by atoms with E-state index in [4.69, 9.17) is 9.47 Å². The fourth-order valence-electron chi connectivity index (χ4n) is 3.27. The molecule has 3 atom stereocenters. The fraction of sp³-hybridized carbons (Fsp3) is 0.933. The molecule has 1 N–H and O–H groups in total. The summed E-state index contributed by atoms with van der Waals surface area (Å²) in [7, 11) is 0. The van der Waals surface area contributed by atoms with Gasteiger partial charge in [0.15, 0.2) is 6.54 Å². The molecule has 2 aliphatic rings. The van der Waals surface area contributed by atoms with Gasteiger partial charge in [0.1, 0.15) is 13.1 Å². The average molecular weight is 270 g/mol. The molecule has 0 amide bonds. The van der Waals surface area contributed by atoms with Gasteiger partial charge in [-0.3, -0.25) is 0 Å². The van der Waals surface area contributed by atoms with Crippen LogP contribution in [-0.4, -0.2) is 45.4 Å². The maximum Gasteiger partial charge on any atom is 0.361 e. The Kier molecular flexibility index (Phi) is 5.64. The van der Waals surface area contributed by atoms with E-state index in [9.17, 15) is 4.79 Å². The quantitative estimate of drug-likeness (QED) is 0.757. The number of esters is 1. The van der Waals surface area contributed by atoms with Crippen molar-refractivity contribution < 1.29 is 19.2 Å². The van der Waals surface area contributed by atoms with E-state index >= 15 is 0 Å². The number of nitrogens with one attached hydrogen (secondary N) is 1. The van der Waals surface area contributed by atoms with E-state index in [0.717, 1.165) is 32.2 Å². The Morgan fingerprint density at radius 2 is 2.00 bits per heavy atom. The van der Waals surface area contributed by atoms with Crippen LogP contribution in [0.2, 0.25) is 0 Å². The van der Waals surface area contributed by atoms with Crippen LogP contribution in [0.5, 0.6) is 0 Å². The molecule has 0 spiro atoms. The summed E-state index contributed by atoms with van der Waals surface area (Å²) in [6.45, 7) is 9.11. The molecule has 110 valence electrons. The lowest BCUT2D eigenvalue weighted by atomic mass is 9.76. The predicted octanol–water partition coefficient (Wildman–Crippen LogP) is 0.517. The summed E-state index contributed by atoms with van der Waals surface area (Å²) < 4.78 is 10.8. The highest BCUT2D eigenvalue weighted by molar-refractivity contribution is 5.70. The third kappa shape index (κ3) is 4.77. The van der Waals surface area contributed by atoms with Crippen molar-refractivity contribution in [3.05, 3.63) is 0 Å². The van der Waals surface area contributed by atoms with Gasteiger partial charge in [-0.1, -0.05) is 20.3 Å². The summed E-state index contributed by atoms with van der Waals surface area (Å²) in [4.78, 5) is 13.1. The number of ether oxygens (including phenoxy) is 2. The molecule has 19 heavy (non-hydrogen) atoms. The first-order chi connectivity index (χ1) is 9.15. The summed E-state index contributed by atoms with van der Waals surface area (Å²) in [6.07, 6.45) is 3.76. The molecule has 2 fully saturated rings.